The molecule has 0 spiro atoms. The van der Waals surface area contributed by atoms with Gasteiger partial charge in [0.05, 0.1) is 10.2 Å². The molecule has 0 fully saturated rings. The molecule has 0 aliphatic rings. The van der Waals surface area contributed by atoms with Crippen LogP contribution in [-0.4, -0.2) is 4.98 Å². The number of halogens is 1. The topological polar surface area (TPSA) is 38.9 Å². The van der Waals surface area contributed by atoms with Crippen molar-refractivity contribution in [2.75, 3.05) is 0 Å². The van der Waals surface area contributed by atoms with Crippen LogP contribution in [0, 0.1) is 0 Å². The summed E-state index contributed by atoms with van der Waals surface area (Å²) in [6, 6.07) is 13.9. The molecule has 0 amide bonds. The highest BCUT2D eigenvalue weighted by Gasteiger charge is 2.06. The summed E-state index contributed by atoms with van der Waals surface area (Å²) in [5.74, 6) is 0. The zero-order valence-electron chi connectivity index (χ0n) is 9.56. The summed E-state index contributed by atoms with van der Waals surface area (Å²) >= 11 is 7.63. The maximum atomic E-state index is 5.98. The fourth-order valence-corrected chi connectivity index (χ4v) is 3.09. The first kappa shape index (κ1) is 11.7. The third kappa shape index (κ3) is 2.12. The van der Waals surface area contributed by atoms with Gasteiger partial charge >= 0.3 is 0 Å². The fourth-order valence-electron chi connectivity index (χ4n) is 1.85. The third-order valence-electron chi connectivity index (χ3n) is 2.76. The van der Waals surface area contributed by atoms with Crippen molar-refractivity contribution in [3.8, 4) is 10.6 Å². The van der Waals surface area contributed by atoms with Crippen molar-refractivity contribution in [2.45, 2.75) is 6.54 Å². The van der Waals surface area contributed by atoms with E-state index in [1.807, 2.05) is 30.3 Å². The molecule has 0 aliphatic heterocycles. The molecule has 2 N–H and O–H groups in total. The smallest absolute Gasteiger partial charge is 0.124 e. The fraction of sp³-hybridized carbons (Fsp3) is 0.0714. The summed E-state index contributed by atoms with van der Waals surface area (Å²) in [5, 5.41) is 1.75. The average molecular weight is 275 g/mol. The molecule has 18 heavy (non-hydrogen) atoms. The molecule has 2 aromatic carbocycles. The summed E-state index contributed by atoms with van der Waals surface area (Å²) in [4.78, 5) is 4.62. The molecule has 1 aromatic heterocycles. The molecule has 0 radical (unpaired) electrons. The number of benzene rings is 2. The first-order chi connectivity index (χ1) is 8.76. The van der Waals surface area contributed by atoms with Crippen LogP contribution in [0.2, 0.25) is 5.02 Å². The highest BCUT2D eigenvalue weighted by atomic mass is 35.5. The number of fused-ring (bicyclic) bond motifs is 1. The van der Waals surface area contributed by atoms with Crippen molar-refractivity contribution in [1.29, 1.82) is 0 Å². The van der Waals surface area contributed by atoms with Gasteiger partial charge in [0.1, 0.15) is 5.01 Å². The summed E-state index contributed by atoms with van der Waals surface area (Å²) in [7, 11) is 0. The molecule has 90 valence electrons. The van der Waals surface area contributed by atoms with E-state index in [4.69, 9.17) is 17.3 Å². The minimum absolute atomic E-state index is 0.546. The Morgan fingerprint density at radius 3 is 2.89 bits per heavy atom. The number of rotatable bonds is 2. The van der Waals surface area contributed by atoms with Crippen molar-refractivity contribution in [3.05, 3.63) is 53.1 Å². The first-order valence-corrected chi connectivity index (χ1v) is 6.81. The Morgan fingerprint density at radius 1 is 1.17 bits per heavy atom. The Morgan fingerprint density at radius 2 is 2.06 bits per heavy atom. The molecular weight excluding hydrogens is 264 g/mol. The number of nitrogens with zero attached hydrogens (tertiary/aromatic N) is 1. The summed E-state index contributed by atoms with van der Waals surface area (Å²) < 4.78 is 1.11. The van der Waals surface area contributed by atoms with E-state index in [2.05, 4.69) is 17.1 Å². The molecule has 0 saturated carbocycles. The lowest BCUT2D eigenvalue weighted by molar-refractivity contribution is 1.07. The average Bonchev–Trinajstić information content (AvgIpc) is 2.81. The number of nitrogens with two attached hydrogens (primary N) is 1. The predicted molar refractivity (Wildman–Crippen MR) is 78.0 cm³/mol. The Kier molecular flexibility index (Phi) is 3.04. The van der Waals surface area contributed by atoms with Crippen LogP contribution < -0.4 is 5.73 Å². The summed E-state index contributed by atoms with van der Waals surface area (Å²) in [5.41, 5.74) is 8.86. The molecule has 4 heteroatoms. The van der Waals surface area contributed by atoms with Crippen LogP contribution in [0.1, 0.15) is 5.56 Å². The molecule has 0 atom stereocenters. The van der Waals surface area contributed by atoms with Gasteiger partial charge in [-0.1, -0.05) is 29.8 Å². The van der Waals surface area contributed by atoms with Gasteiger partial charge in [-0.2, -0.15) is 0 Å². The number of hydrogen-bond acceptors (Lipinski definition) is 3. The number of thiazole rings is 1. The van der Waals surface area contributed by atoms with Gasteiger partial charge in [-0.25, -0.2) is 4.98 Å². The lowest BCUT2D eigenvalue weighted by atomic mass is 10.1. The molecule has 0 aliphatic carbocycles. The van der Waals surface area contributed by atoms with Gasteiger partial charge in [0.15, 0.2) is 0 Å². The number of aromatic nitrogens is 1. The largest absolute Gasteiger partial charge is 0.326 e. The Bertz CT molecular complexity index is 706. The van der Waals surface area contributed by atoms with Crippen LogP contribution in [0.25, 0.3) is 20.8 Å². The zero-order chi connectivity index (χ0) is 12.5. The van der Waals surface area contributed by atoms with Crippen LogP contribution in [-0.2, 0) is 6.54 Å². The van der Waals surface area contributed by atoms with Gasteiger partial charge in [-0.3, -0.25) is 0 Å². The van der Waals surface area contributed by atoms with Gasteiger partial charge in [0.2, 0.25) is 0 Å². The van der Waals surface area contributed by atoms with Crippen LogP contribution >= 0.6 is 22.9 Å². The van der Waals surface area contributed by atoms with Crippen molar-refractivity contribution in [2.24, 2.45) is 5.73 Å². The minimum atomic E-state index is 0.546. The second-order valence-electron chi connectivity index (χ2n) is 4.04. The van der Waals surface area contributed by atoms with Gasteiger partial charge < -0.3 is 5.73 Å². The van der Waals surface area contributed by atoms with Crippen LogP contribution in [0.5, 0.6) is 0 Å². The van der Waals surface area contributed by atoms with Gasteiger partial charge in [0.25, 0.3) is 0 Å². The van der Waals surface area contributed by atoms with Crippen molar-refractivity contribution in [1.82, 2.24) is 4.98 Å². The molecule has 1 heterocycles. The molecule has 0 bridgehead atoms. The third-order valence-corrected chi connectivity index (χ3v) is 4.06. The Balaban J connectivity index is 2.13. The highest BCUT2D eigenvalue weighted by molar-refractivity contribution is 7.21. The quantitative estimate of drug-likeness (QED) is 0.765. The lowest BCUT2D eigenvalue weighted by Crippen LogP contribution is -1.95. The minimum Gasteiger partial charge on any atom is -0.326 e. The van der Waals surface area contributed by atoms with E-state index >= 15 is 0 Å². The molecule has 0 saturated heterocycles. The van der Waals surface area contributed by atoms with Crippen molar-refractivity contribution in [3.63, 3.8) is 0 Å². The maximum Gasteiger partial charge on any atom is 0.124 e. The second kappa shape index (κ2) is 4.69. The molecule has 0 unspecified atom stereocenters. The van der Waals surface area contributed by atoms with E-state index in [1.54, 1.807) is 11.3 Å². The molecular formula is C14H11ClN2S. The van der Waals surface area contributed by atoms with Gasteiger partial charge in [-0.05, 0) is 29.8 Å². The van der Waals surface area contributed by atoms with Gasteiger partial charge in [0, 0.05) is 17.1 Å². The van der Waals surface area contributed by atoms with Crippen LogP contribution in [0.3, 0.4) is 0 Å². The van der Waals surface area contributed by atoms with Crippen molar-refractivity contribution < 1.29 is 0 Å². The van der Waals surface area contributed by atoms with Crippen LogP contribution in [0.4, 0.5) is 0 Å². The number of hydrogen-bond donors (Lipinski definition) is 1. The predicted octanol–water partition coefficient (Wildman–Crippen LogP) is 4.08. The summed E-state index contributed by atoms with van der Waals surface area (Å²) in [6.07, 6.45) is 0. The van der Waals surface area contributed by atoms with Crippen LogP contribution in [0.15, 0.2) is 42.5 Å². The first-order valence-electron chi connectivity index (χ1n) is 5.62. The lowest BCUT2D eigenvalue weighted by Gasteiger charge is -1.99. The van der Waals surface area contributed by atoms with E-state index in [9.17, 15) is 0 Å². The highest BCUT2D eigenvalue weighted by Crippen LogP contribution is 2.31. The Labute approximate surface area is 114 Å². The normalized spacial score (nSPS) is 11.0. The van der Waals surface area contributed by atoms with E-state index in [0.717, 1.165) is 31.4 Å². The molecule has 3 rings (SSSR count). The SMILES string of the molecule is NCc1cccc(-c2nc3ccc(Cl)cc3s2)c1. The zero-order valence-corrected chi connectivity index (χ0v) is 11.1. The maximum absolute atomic E-state index is 5.98. The van der Waals surface area contributed by atoms with E-state index in [0.29, 0.717) is 6.54 Å². The Hall–Kier alpha value is -1.42. The molecule has 3 aromatic rings. The van der Waals surface area contributed by atoms with Gasteiger partial charge in [-0.15, -0.1) is 11.3 Å². The standard InChI is InChI=1S/C14H11ClN2S/c15-11-4-5-12-13(7-11)18-14(17-12)10-3-1-2-9(6-10)8-16/h1-7H,8,16H2. The second-order valence-corrected chi connectivity index (χ2v) is 5.50. The van der Waals surface area contributed by atoms with Crippen molar-refractivity contribution >= 4 is 33.2 Å². The monoisotopic (exact) mass is 274 g/mol. The van der Waals surface area contributed by atoms with E-state index in [-0.39, 0.29) is 0 Å². The van der Waals surface area contributed by atoms with E-state index < -0.39 is 0 Å². The molecule has 2 nitrogen and oxygen atoms in total. The van der Waals surface area contributed by atoms with E-state index in [1.165, 1.54) is 0 Å². The summed E-state index contributed by atoms with van der Waals surface area (Å²) in [6.45, 7) is 0.546.